The lowest BCUT2D eigenvalue weighted by Gasteiger charge is -2.40. The van der Waals surface area contributed by atoms with Crippen LogP contribution in [0.3, 0.4) is 0 Å². The highest BCUT2D eigenvalue weighted by atomic mass is 35.5. The number of aromatic nitrogens is 2. The van der Waals surface area contributed by atoms with Gasteiger partial charge >= 0.3 is 0 Å². The number of aliphatic hydroxyl groups is 1. The van der Waals surface area contributed by atoms with Crippen molar-refractivity contribution in [3.05, 3.63) is 64.9 Å². The van der Waals surface area contributed by atoms with Gasteiger partial charge in [0.05, 0.1) is 30.3 Å². The number of aromatic amines is 1. The fourth-order valence-corrected chi connectivity index (χ4v) is 3.63. The molecule has 134 valence electrons. The van der Waals surface area contributed by atoms with Gasteiger partial charge in [-0.15, -0.1) is 0 Å². The summed E-state index contributed by atoms with van der Waals surface area (Å²) in [6.07, 6.45) is -0.544. The van der Waals surface area contributed by atoms with Crippen LogP contribution < -0.4 is 0 Å². The zero-order valence-corrected chi connectivity index (χ0v) is 14.7. The predicted octanol–water partition coefficient (Wildman–Crippen LogP) is 2.79. The minimum atomic E-state index is -0.544. The summed E-state index contributed by atoms with van der Waals surface area (Å²) in [6, 6.07) is 14.3. The second-order valence-corrected chi connectivity index (χ2v) is 6.57. The number of carbonyl (C=O) groups is 1. The van der Waals surface area contributed by atoms with Gasteiger partial charge < -0.3 is 19.7 Å². The molecule has 2 aromatic carbocycles. The van der Waals surface area contributed by atoms with E-state index in [1.807, 2.05) is 42.5 Å². The summed E-state index contributed by atoms with van der Waals surface area (Å²) >= 11 is 6.36. The van der Waals surface area contributed by atoms with E-state index in [4.69, 9.17) is 16.3 Å². The van der Waals surface area contributed by atoms with E-state index in [2.05, 4.69) is 9.97 Å². The Morgan fingerprint density at radius 2 is 2.04 bits per heavy atom. The second kappa shape index (κ2) is 7.07. The lowest BCUT2D eigenvalue weighted by atomic mass is 9.98. The first-order valence-corrected chi connectivity index (χ1v) is 8.79. The maximum Gasteiger partial charge on any atom is 0.290 e. The van der Waals surface area contributed by atoms with Crippen LogP contribution in [-0.4, -0.2) is 51.7 Å². The Balaban J connectivity index is 1.74. The molecule has 6 nitrogen and oxygen atoms in total. The molecule has 2 N–H and O–H groups in total. The first-order valence-electron chi connectivity index (χ1n) is 8.41. The minimum Gasteiger partial charge on any atom is -0.394 e. The third kappa shape index (κ3) is 2.96. The highest BCUT2D eigenvalue weighted by Crippen LogP contribution is 2.34. The van der Waals surface area contributed by atoms with E-state index in [0.29, 0.717) is 18.2 Å². The summed E-state index contributed by atoms with van der Waals surface area (Å²) in [5.41, 5.74) is 2.28. The molecule has 1 aromatic heterocycles. The smallest absolute Gasteiger partial charge is 0.290 e. The molecule has 0 spiro atoms. The van der Waals surface area contributed by atoms with Crippen LogP contribution in [0.5, 0.6) is 0 Å². The second-order valence-electron chi connectivity index (χ2n) is 6.16. The van der Waals surface area contributed by atoms with Crippen molar-refractivity contribution in [2.45, 2.75) is 12.1 Å². The molecule has 26 heavy (non-hydrogen) atoms. The minimum absolute atomic E-state index is 0.209. The van der Waals surface area contributed by atoms with Crippen molar-refractivity contribution in [1.82, 2.24) is 14.9 Å². The largest absolute Gasteiger partial charge is 0.394 e. The standard InChI is InChI=1S/C19H18ClN3O3/c20-13-6-2-1-5-12(13)17-16(11-24)26-10-9-23(17)19(25)18-21-14-7-3-4-8-15(14)22-18/h1-8,16-17,24H,9-11H2,(H,21,22)/t16-,17-/m0/s1. The molecule has 3 aromatic rings. The van der Waals surface area contributed by atoms with Gasteiger partial charge in [0.2, 0.25) is 0 Å². The van der Waals surface area contributed by atoms with Crippen molar-refractivity contribution in [3.8, 4) is 0 Å². The lowest BCUT2D eigenvalue weighted by Crippen LogP contribution is -2.49. The number of fused-ring (bicyclic) bond motifs is 1. The number of halogens is 1. The maximum absolute atomic E-state index is 13.2. The number of ether oxygens (including phenoxy) is 1. The Morgan fingerprint density at radius 3 is 2.81 bits per heavy atom. The Bertz CT molecular complexity index is 909. The molecule has 4 rings (SSSR count). The van der Waals surface area contributed by atoms with E-state index in [-0.39, 0.29) is 18.3 Å². The average molecular weight is 372 g/mol. The first kappa shape index (κ1) is 17.0. The van der Waals surface area contributed by atoms with E-state index < -0.39 is 12.1 Å². The van der Waals surface area contributed by atoms with Gasteiger partial charge in [-0.3, -0.25) is 4.79 Å². The summed E-state index contributed by atoms with van der Waals surface area (Å²) in [5.74, 6) is 0.0229. The van der Waals surface area contributed by atoms with E-state index in [9.17, 15) is 9.90 Å². The summed E-state index contributed by atoms with van der Waals surface area (Å²) < 4.78 is 5.69. The van der Waals surface area contributed by atoms with Crippen LogP contribution in [0.1, 0.15) is 22.2 Å². The van der Waals surface area contributed by atoms with Crippen molar-refractivity contribution in [2.24, 2.45) is 0 Å². The van der Waals surface area contributed by atoms with Crippen LogP contribution in [0.4, 0.5) is 0 Å². The number of carbonyl (C=O) groups excluding carboxylic acids is 1. The van der Waals surface area contributed by atoms with Gasteiger partial charge in [0.25, 0.3) is 5.91 Å². The fraction of sp³-hybridized carbons (Fsp3) is 0.263. The molecule has 0 radical (unpaired) electrons. The number of hydrogen-bond acceptors (Lipinski definition) is 4. The predicted molar refractivity (Wildman–Crippen MR) is 98.1 cm³/mol. The molecule has 0 aliphatic carbocycles. The fourth-order valence-electron chi connectivity index (χ4n) is 3.39. The average Bonchev–Trinajstić information content (AvgIpc) is 3.11. The van der Waals surface area contributed by atoms with Gasteiger partial charge in [-0.1, -0.05) is 41.9 Å². The SMILES string of the molecule is O=C(c1nc2ccccc2[nH]1)N1CCO[C@@H](CO)[C@@H]1c1ccccc1Cl. The van der Waals surface area contributed by atoms with Gasteiger partial charge in [0.15, 0.2) is 5.82 Å². The third-order valence-corrected chi connectivity index (χ3v) is 4.95. The Hall–Kier alpha value is -2.41. The number of amides is 1. The Kier molecular flexibility index (Phi) is 4.63. The number of morpholine rings is 1. The molecule has 1 aliphatic rings. The highest BCUT2D eigenvalue weighted by molar-refractivity contribution is 6.31. The summed E-state index contributed by atoms with van der Waals surface area (Å²) in [7, 11) is 0. The number of aliphatic hydroxyl groups excluding tert-OH is 1. The Morgan fingerprint density at radius 1 is 1.27 bits per heavy atom. The van der Waals surface area contributed by atoms with Crippen LogP contribution >= 0.6 is 11.6 Å². The van der Waals surface area contributed by atoms with Crippen molar-refractivity contribution in [3.63, 3.8) is 0 Å². The maximum atomic E-state index is 13.2. The number of H-pyrrole nitrogens is 1. The molecule has 0 unspecified atom stereocenters. The molecule has 0 bridgehead atoms. The van der Waals surface area contributed by atoms with Crippen molar-refractivity contribution in [2.75, 3.05) is 19.8 Å². The molecule has 1 saturated heterocycles. The molecular formula is C19H18ClN3O3. The van der Waals surface area contributed by atoms with E-state index in [1.165, 1.54) is 0 Å². The van der Waals surface area contributed by atoms with Crippen LogP contribution in [-0.2, 0) is 4.74 Å². The lowest BCUT2D eigenvalue weighted by molar-refractivity contribution is -0.0813. The van der Waals surface area contributed by atoms with Crippen molar-refractivity contribution >= 4 is 28.5 Å². The van der Waals surface area contributed by atoms with Crippen LogP contribution in [0, 0.1) is 0 Å². The van der Waals surface area contributed by atoms with E-state index in [0.717, 1.165) is 16.6 Å². The molecule has 2 heterocycles. The molecular weight excluding hydrogens is 354 g/mol. The van der Waals surface area contributed by atoms with Crippen LogP contribution in [0.25, 0.3) is 11.0 Å². The van der Waals surface area contributed by atoms with Crippen molar-refractivity contribution in [1.29, 1.82) is 0 Å². The third-order valence-electron chi connectivity index (χ3n) is 4.61. The molecule has 1 amide bonds. The molecule has 1 aliphatic heterocycles. The number of nitrogens with zero attached hydrogens (tertiary/aromatic N) is 2. The van der Waals surface area contributed by atoms with Gasteiger partial charge in [-0.05, 0) is 23.8 Å². The van der Waals surface area contributed by atoms with E-state index in [1.54, 1.807) is 11.0 Å². The van der Waals surface area contributed by atoms with Gasteiger partial charge in [0, 0.05) is 11.6 Å². The summed E-state index contributed by atoms with van der Waals surface area (Å²) in [5, 5.41) is 10.3. The van der Waals surface area contributed by atoms with Gasteiger partial charge in [0.1, 0.15) is 6.10 Å². The van der Waals surface area contributed by atoms with Gasteiger partial charge in [-0.25, -0.2) is 4.98 Å². The monoisotopic (exact) mass is 371 g/mol. The van der Waals surface area contributed by atoms with Crippen LogP contribution in [0.15, 0.2) is 48.5 Å². The van der Waals surface area contributed by atoms with E-state index >= 15 is 0 Å². The highest BCUT2D eigenvalue weighted by Gasteiger charge is 2.38. The molecule has 0 saturated carbocycles. The summed E-state index contributed by atoms with van der Waals surface area (Å²) in [6.45, 7) is 0.528. The number of rotatable bonds is 3. The quantitative estimate of drug-likeness (QED) is 0.742. The molecule has 2 atom stereocenters. The molecule has 1 fully saturated rings. The number of hydrogen-bond donors (Lipinski definition) is 2. The number of para-hydroxylation sites is 2. The topological polar surface area (TPSA) is 78.5 Å². The zero-order valence-electron chi connectivity index (χ0n) is 13.9. The first-order chi connectivity index (χ1) is 12.7. The van der Waals surface area contributed by atoms with Crippen LogP contribution in [0.2, 0.25) is 5.02 Å². The summed E-state index contributed by atoms with van der Waals surface area (Å²) in [4.78, 5) is 22.3. The number of imidazole rings is 1. The zero-order chi connectivity index (χ0) is 18.1. The van der Waals surface area contributed by atoms with Crippen molar-refractivity contribution < 1.29 is 14.6 Å². The molecule has 7 heteroatoms. The number of benzene rings is 2. The number of nitrogens with one attached hydrogen (secondary N) is 1. The normalized spacial score (nSPS) is 20.5. The Labute approximate surface area is 155 Å². The van der Waals surface area contributed by atoms with Gasteiger partial charge in [-0.2, -0.15) is 0 Å².